The zero-order chi connectivity index (χ0) is 27.6. The van der Waals surface area contributed by atoms with Gasteiger partial charge in [0.1, 0.15) is 18.5 Å². The summed E-state index contributed by atoms with van der Waals surface area (Å²) in [4.78, 5) is 12.4. The monoisotopic (exact) mass is 535 g/mol. The lowest BCUT2D eigenvalue weighted by atomic mass is 9.74. The van der Waals surface area contributed by atoms with Gasteiger partial charge in [0.2, 0.25) is 0 Å². The van der Waals surface area contributed by atoms with Gasteiger partial charge in [0.25, 0.3) is 0 Å². The van der Waals surface area contributed by atoms with Crippen LogP contribution in [0.5, 0.6) is 0 Å². The molecule has 0 radical (unpaired) electrons. The molecule has 0 aliphatic carbocycles. The van der Waals surface area contributed by atoms with Crippen LogP contribution in [0.1, 0.15) is 55.0 Å². The molecule has 12 heteroatoms. The molecule has 3 N–H and O–H groups in total. The first kappa shape index (κ1) is 27.5. The third-order valence-electron chi connectivity index (χ3n) is 7.39. The molecule has 38 heavy (non-hydrogen) atoms. The average Bonchev–Trinajstić information content (AvgIpc) is 3.37. The fourth-order valence-electron chi connectivity index (χ4n) is 5.01. The van der Waals surface area contributed by atoms with Crippen molar-refractivity contribution in [2.75, 3.05) is 13.2 Å². The van der Waals surface area contributed by atoms with Crippen molar-refractivity contribution in [3.8, 4) is 0 Å². The zero-order valence-corrected chi connectivity index (χ0v) is 20.9. The Morgan fingerprint density at radius 3 is 2.53 bits per heavy atom. The predicted octanol–water partition coefficient (Wildman–Crippen LogP) is 4.66. The second kappa shape index (κ2) is 10.7. The van der Waals surface area contributed by atoms with Crippen LogP contribution < -0.4 is 11.0 Å². The van der Waals surface area contributed by atoms with Gasteiger partial charge in [-0.25, -0.2) is 14.3 Å². The summed E-state index contributed by atoms with van der Waals surface area (Å²) in [5, 5.41) is 22.6. The van der Waals surface area contributed by atoms with Crippen molar-refractivity contribution in [3.05, 3.63) is 87.6 Å². The summed E-state index contributed by atoms with van der Waals surface area (Å²) in [6.07, 6.45) is -3.24. The number of benzene rings is 2. The summed E-state index contributed by atoms with van der Waals surface area (Å²) in [5.41, 5.74) is -1.82. The van der Waals surface area contributed by atoms with Crippen LogP contribution in [0.4, 0.5) is 17.6 Å². The molecule has 3 aromatic rings. The first-order valence-corrected chi connectivity index (χ1v) is 12.1. The topological polar surface area (TPSA) is 105 Å². The van der Waals surface area contributed by atoms with E-state index in [1.165, 1.54) is 17.0 Å². The highest BCUT2D eigenvalue weighted by molar-refractivity contribution is 5.89. The molecular formula is C26H29F4N5O3. The van der Waals surface area contributed by atoms with Crippen molar-refractivity contribution in [2.45, 2.75) is 56.7 Å². The molecule has 1 aliphatic rings. The second-order valence-electron chi connectivity index (χ2n) is 9.60. The van der Waals surface area contributed by atoms with Crippen LogP contribution in [0.15, 0.2) is 64.8 Å². The smallest absolute Gasteiger partial charge is 0.411 e. The van der Waals surface area contributed by atoms with Crippen molar-refractivity contribution in [2.24, 2.45) is 5.16 Å². The van der Waals surface area contributed by atoms with Crippen LogP contribution in [0.3, 0.4) is 0 Å². The Morgan fingerprint density at radius 1 is 1.24 bits per heavy atom. The molecule has 1 aliphatic heterocycles. The number of hydrogen-bond acceptors (Lipinski definition) is 6. The number of ether oxygens (including phenoxy) is 1. The number of aromatic amines is 1. The molecule has 0 spiro atoms. The lowest BCUT2D eigenvalue weighted by Gasteiger charge is -2.47. The summed E-state index contributed by atoms with van der Waals surface area (Å²) in [5.74, 6) is 0. The SMILES string of the molecule is C/C(=N\O)[C@]1(n2cn[nH]c2=O)CC[C@@](CO[C@H](C)c2cc(CF)cc(C(F)(F)F)c2)(c2ccccc2)NC1. The zero-order valence-electron chi connectivity index (χ0n) is 20.9. The maximum Gasteiger partial charge on any atom is 0.416 e. The predicted molar refractivity (Wildman–Crippen MR) is 132 cm³/mol. The molecule has 0 unspecified atom stereocenters. The van der Waals surface area contributed by atoms with Crippen molar-refractivity contribution in [1.82, 2.24) is 20.1 Å². The van der Waals surface area contributed by atoms with Gasteiger partial charge >= 0.3 is 11.9 Å². The number of nitrogens with zero attached hydrogens (tertiary/aromatic N) is 3. The van der Waals surface area contributed by atoms with E-state index in [1.54, 1.807) is 13.8 Å². The standard InChI is InChI=1S/C26H29F4N5O3/c1-17(20-10-19(13-27)11-22(12-20)26(28,29)30)38-15-24(21-6-4-3-5-7-21)8-9-25(14-31-24,18(2)34-37)35-16-32-33-23(35)36/h3-7,10-12,16-17,31,37H,8-9,13-15H2,1-2H3,(H,33,36)/b34-18+/t17-,24-,25+/m1/s1. The van der Waals surface area contributed by atoms with E-state index < -0.39 is 41.3 Å². The lowest BCUT2D eigenvalue weighted by Crippen LogP contribution is -2.62. The van der Waals surface area contributed by atoms with Gasteiger partial charge in [-0.15, -0.1) is 0 Å². The Balaban J connectivity index is 1.64. The Kier molecular flexibility index (Phi) is 7.75. The molecular weight excluding hydrogens is 506 g/mol. The average molecular weight is 536 g/mol. The van der Waals surface area contributed by atoms with E-state index in [0.717, 1.165) is 17.7 Å². The molecule has 3 atom stereocenters. The number of oxime groups is 1. The Bertz CT molecular complexity index is 1330. The van der Waals surface area contributed by atoms with Crippen LogP contribution in [0.25, 0.3) is 0 Å². The van der Waals surface area contributed by atoms with Gasteiger partial charge in [-0.3, -0.25) is 4.57 Å². The lowest BCUT2D eigenvalue weighted by molar-refractivity contribution is -0.137. The van der Waals surface area contributed by atoms with Crippen LogP contribution in [-0.2, 0) is 28.7 Å². The van der Waals surface area contributed by atoms with Crippen LogP contribution in [-0.4, -0.2) is 38.8 Å². The summed E-state index contributed by atoms with van der Waals surface area (Å²) in [7, 11) is 0. The van der Waals surface area contributed by atoms with Crippen LogP contribution >= 0.6 is 0 Å². The molecule has 8 nitrogen and oxygen atoms in total. The summed E-state index contributed by atoms with van der Waals surface area (Å²) >= 11 is 0. The fraction of sp³-hybridized carbons (Fsp3) is 0.423. The van der Waals surface area contributed by atoms with Gasteiger partial charge in [-0.2, -0.15) is 18.3 Å². The first-order chi connectivity index (χ1) is 18.0. The van der Waals surface area contributed by atoms with E-state index in [1.807, 2.05) is 30.3 Å². The minimum Gasteiger partial charge on any atom is -0.411 e. The van der Waals surface area contributed by atoms with E-state index in [4.69, 9.17) is 4.74 Å². The highest BCUT2D eigenvalue weighted by atomic mass is 19.4. The first-order valence-electron chi connectivity index (χ1n) is 12.1. The molecule has 0 amide bonds. The number of aromatic nitrogens is 3. The van der Waals surface area contributed by atoms with Gasteiger partial charge in [-0.05, 0) is 55.5 Å². The maximum absolute atomic E-state index is 13.4. The molecule has 0 saturated carbocycles. The van der Waals surface area contributed by atoms with E-state index in [9.17, 15) is 27.6 Å². The minimum absolute atomic E-state index is 0.0745. The van der Waals surface area contributed by atoms with Crippen molar-refractivity contribution in [1.29, 1.82) is 0 Å². The molecule has 1 aromatic heterocycles. The fourth-order valence-corrected chi connectivity index (χ4v) is 5.01. The minimum atomic E-state index is -4.61. The highest BCUT2D eigenvalue weighted by Crippen LogP contribution is 2.39. The normalized spacial score (nSPS) is 23.4. The second-order valence-corrected chi connectivity index (χ2v) is 9.60. The maximum atomic E-state index is 13.4. The van der Waals surface area contributed by atoms with Gasteiger partial charge in [0.05, 0.1) is 29.5 Å². The third kappa shape index (κ3) is 5.23. The van der Waals surface area contributed by atoms with Crippen LogP contribution in [0, 0.1) is 0 Å². The third-order valence-corrected chi connectivity index (χ3v) is 7.39. The summed E-state index contributed by atoms with van der Waals surface area (Å²) in [6, 6.07) is 12.6. The Hall–Kier alpha value is -3.51. The molecule has 204 valence electrons. The number of piperidine rings is 1. The van der Waals surface area contributed by atoms with E-state index in [0.29, 0.717) is 18.6 Å². The van der Waals surface area contributed by atoms with E-state index >= 15 is 0 Å². The molecule has 1 saturated heterocycles. The van der Waals surface area contributed by atoms with E-state index in [2.05, 4.69) is 20.7 Å². The number of rotatable bonds is 8. The highest BCUT2D eigenvalue weighted by Gasteiger charge is 2.47. The summed E-state index contributed by atoms with van der Waals surface area (Å²) < 4.78 is 61.0. The number of H-pyrrole nitrogens is 1. The molecule has 1 fully saturated rings. The molecule has 0 bridgehead atoms. The van der Waals surface area contributed by atoms with Gasteiger partial charge in [-0.1, -0.05) is 41.6 Å². The quantitative estimate of drug-likeness (QED) is 0.168. The molecule has 4 rings (SSSR count). The van der Waals surface area contributed by atoms with Gasteiger partial charge in [0, 0.05) is 6.54 Å². The Morgan fingerprint density at radius 2 is 1.97 bits per heavy atom. The summed E-state index contributed by atoms with van der Waals surface area (Å²) in [6.45, 7) is 2.47. The number of alkyl halides is 4. The number of nitrogens with one attached hydrogen (secondary N) is 2. The van der Waals surface area contributed by atoms with Crippen molar-refractivity contribution < 1.29 is 27.5 Å². The van der Waals surface area contributed by atoms with Crippen molar-refractivity contribution in [3.63, 3.8) is 0 Å². The van der Waals surface area contributed by atoms with Gasteiger partial charge < -0.3 is 15.3 Å². The van der Waals surface area contributed by atoms with Crippen LogP contribution in [0.2, 0.25) is 0 Å². The molecule has 2 heterocycles. The Labute approximate surface area is 216 Å². The number of halogens is 4. The largest absolute Gasteiger partial charge is 0.416 e. The van der Waals surface area contributed by atoms with Crippen molar-refractivity contribution >= 4 is 5.71 Å². The van der Waals surface area contributed by atoms with Gasteiger partial charge in [0.15, 0.2) is 0 Å². The number of hydrogen-bond donors (Lipinski definition) is 3. The molecule has 2 aromatic carbocycles. The van der Waals surface area contributed by atoms with E-state index in [-0.39, 0.29) is 24.3 Å².